The number of halogens is 16. The zero-order valence-electron chi connectivity index (χ0n) is 87.7. The Morgan fingerprint density at radius 2 is 0.371 bits per heavy atom. The summed E-state index contributed by atoms with van der Waals surface area (Å²) in [6, 6.07) is 25.5. The van der Waals surface area contributed by atoms with E-state index in [1.807, 2.05) is 57.2 Å². The molecular formula is C124H192Cl4F12. The van der Waals surface area contributed by atoms with Crippen LogP contribution in [-0.2, 0) is 0 Å². The van der Waals surface area contributed by atoms with Crippen molar-refractivity contribution in [2.24, 2.45) is 88.8 Å². The quantitative estimate of drug-likeness (QED) is 0.0946. The molecule has 0 bridgehead atoms. The molecule has 3 unspecified atom stereocenters. The summed E-state index contributed by atoms with van der Waals surface area (Å²) in [5.74, 6) is 7.59. The van der Waals surface area contributed by atoms with Crippen LogP contribution in [0, 0.1) is 201 Å². The van der Waals surface area contributed by atoms with Gasteiger partial charge in [-0.1, -0.05) is 285 Å². The topological polar surface area (TPSA) is 0 Å². The van der Waals surface area contributed by atoms with Crippen LogP contribution in [0.1, 0.15) is 467 Å². The third kappa shape index (κ3) is 31.5. The van der Waals surface area contributed by atoms with Crippen molar-refractivity contribution in [1.29, 1.82) is 0 Å². The van der Waals surface area contributed by atoms with Crippen molar-refractivity contribution in [2.75, 3.05) is 0 Å². The zero-order valence-corrected chi connectivity index (χ0v) is 90.7. The van der Waals surface area contributed by atoms with E-state index < -0.39 is 52.7 Å². The molecule has 11 aliphatic carbocycles. The fraction of sp³-hybridized carbons (Fsp3) is 0.661. The molecule has 0 saturated heterocycles. The van der Waals surface area contributed by atoms with Crippen LogP contribution in [0.5, 0.6) is 0 Å². The van der Waals surface area contributed by atoms with Crippen LogP contribution >= 0.6 is 46.4 Å². The maximum Gasteiger partial charge on any atom is 0.162 e. The Bertz CT molecular complexity index is 4490. The number of benzene rings is 7. The van der Waals surface area contributed by atoms with Gasteiger partial charge in [-0.2, -0.15) is 0 Å². The van der Waals surface area contributed by atoms with Crippen LogP contribution in [0.4, 0.5) is 52.7 Å². The third-order valence-electron chi connectivity index (χ3n) is 36.2. The molecule has 0 heterocycles. The van der Waals surface area contributed by atoms with Crippen molar-refractivity contribution in [3.63, 3.8) is 0 Å². The summed E-state index contributed by atoms with van der Waals surface area (Å²) in [6.45, 7) is 32.2. The Labute approximate surface area is 873 Å². The molecule has 0 radical (unpaired) electrons. The van der Waals surface area contributed by atoms with E-state index in [4.69, 9.17) is 46.4 Å². The van der Waals surface area contributed by atoms with Crippen LogP contribution in [0.25, 0.3) is 0 Å². The van der Waals surface area contributed by atoms with E-state index >= 15 is 0 Å². The fourth-order valence-electron chi connectivity index (χ4n) is 25.5. The number of hydrogen-bond acceptors (Lipinski definition) is 0. The predicted octanol–water partition coefficient (Wildman–Crippen LogP) is 44.6. The number of alkyl halides is 2. The third-order valence-corrected chi connectivity index (χ3v) is 38.0. The predicted molar refractivity (Wildman–Crippen MR) is 587 cm³/mol. The van der Waals surface area contributed by atoms with Crippen molar-refractivity contribution < 1.29 is 68.4 Å². The second-order valence-electron chi connectivity index (χ2n) is 46.9. The van der Waals surface area contributed by atoms with Crippen LogP contribution in [0.3, 0.4) is 0 Å². The van der Waals surface area contributed by atoms with Gasteiger partial charge in [0.05, 0.1) is 20.4 Å². The second-order valence-corrected chi connectivity index (χ2v) is 48.5. The molecule has 0 amide bonds. The highest BCUT2D eigenvalue weighted by molar-refractivity contribution is 6.32. The molecule has 11 saturated carbocycles. The summed E-state index contributed by atoms with van der Waals surface area (Å²) in [5.41, 5.74) is 8.93. The molecule has 4 atom stereocenters. The largest absolute Gasteiger partial charge is 0.246 e. The normalized spacial score (nSPS) is 30.8. The van der Waals surface area contributed by atoms with E-state index in [2.05, 4.69) is 55.4 Å². The monoisotopic (exact) mass is 2050 g/mol. The number of rotatable bonds is 10. The van der Waals surface area contributed by atoms with E-state index in [0.29, 0.717) is 94.7 Å². The Balaban J connectivity index is 0.00000169. The van der Waals surface area contributed by atoms with E-state index in [0.717, 1.165) is 227 Å². The molecule has 0 nitrogen and oxygen atoms in total. The first kappa shape index (κ1) is 115. The molecule has 0 aromatic heterocycles. The van der Waals surface area contributed by atoms with Gasteiger partial charge in [-0.3, -0.25) is 0 Å². The summed E-state index contributed by atoms with van der Waals surface area (Å²) in [4.78, 5) is 0. The number of hydrogen-bond donors (Lipinski definition) is 0. The summed E-state index contributed by atoms with van der Waals surface area (Å²) in [5, 5.41) is 0.731. The van der Waals surface area contributed by atoms with Crippen LogP contribution < -0.4 is 0 Å². The Morgan fingerprint density at radius 3 is 0.614 bits per heavy atom. The molecule has 0 aliphatic heterocycles. The van der Waals surface area contributed by atoms with Gasteiger partial charge in [0, 0.05) is 15.7 Å². The summed E-state index contributed by atoms with van der Waals surface area (Å²) in [7, 11) is 0. The van der Waals surface area contributed by atoms with Gasteiger partial charge >= 0.3 is 0 Å². The molecule has 11 aliphatic rings. The first-order valence-corrected chi connectivity index (χ1v) is 56.6. The highest BCUT2D eigenvalue weighted by Gasteiger charge is 2.42. The Kier molecular flexibility index (Phi) is 45.4. The molecule has 16 heteroatoms. The van der Waals surface area contributed by atoms with E-state index in [-0.39, 0.29) is 68.1 Å². The maximum atomic E-state index is 14.2. The lowest BCUT2D eigenvalue weighted by Crippen LogP contribution is -2.40. The minimum atomic E-state index is -0.778. The standard InChI is InChI=1S/2C20H28F2.C14H24ClF.3C14H18ClF.2C14H18F2.11H2/c2*1-13-3-6-15(7-4-13)16-8-10-17(11-9-16)18-12-5-14(2)19(21)20(18)22;2*1-9-3-6-11(7-4-9)12-8-5-10(2)14(16)13(12)15;4*1-9-3-6-11(7-4-9)12-8-5-10(2)13(15)14(12)16;;;;;;;;;;;/h2*5,12-13,15-17H,3-4,6-11H2,1-2H3;9-14H,3-8H2,1-2H3;5*5,8-9,11H,3-4,6-7H2,1-2H3;11*1H/t;;9?,10-,11?,12?,13?,14?;;;;;;;;;;;;;;;;/m..1................/s1. The van der Waals surface area contributed by atoms with Crippen LogP contribution in [-0.4, -0.2) is 11.5 Å². The molecule has 18 rings (SSSR count). The van der Waals surface area contributed by atoms with Crippen molar-refractivity contribution in [2.45, 2.75) is 433 Å². The second kappa shape index (κ2) is 55.2. The van der Waals surface area contributed by atoms with Gasteiger partial charge in [-0.25, -0.2) is 52.7 Å². The highest BCUT2D eigenvalue weighted by Crippen LogP contribution is 2.51. The van der Waals surface area contributed by atoms with Crippen LogP contribution in [0.15, 0.2) is 84.9 Å². The number of aryl methyl sites for hydroxylation is 7. The van der Waals surface area contributed by atoms with Gasteiger partial charge < -0.3 is 0 Å². The summed E-state index contributed by atoms with van der Waals surface area (Å²) in [6.07, 6.45) is 48.9. The maximum absolute atomic E-state index is 14.2. The zero-order chi connectivity index (χ0) is 102. The average Bonchev–Trinajstić information content (AvgIpc) is 0.828. The molecular weight excluding hydrogens is 1860 g/mol. The Hall–Kier alpha value is -5.14. The van der Waals surface area contributed by atoms with E-state index in [9.17, 15) is 52.7 Å². The molecule has 800 valence electrons. The summed E-state index contributed by atoms with van der Waals surface area (Å²) >= 11 is 24.3. The smallest absolute Gasteiger partial charge is 0.162 e. The fourth-order valence-corrected chi connectivity index (χ4v) is 26.8. The average molecular weight is 2050 g/mol. The molecule has 7 aromatic carbocycles. The molecule has 140 heavy (non-hydrogen) atoms. The lowest BCUT2D eigenvalue weighted by Gasteiger charge is -2.41. The molecule has 11 fully saturated rings. The van der Waals surface area contributed by atoms with Gasteiger partial charge in [0.25, 0.3) is 0 Å². The lowest BCUT2D eigenvalue weighted by atomic mass is 9.68. The minimum absolute atomic E-state index is 0. The minimum Gasteiger partial charge on any atom is -0.246 e. The van der Waals surface area contributed by atoms with Crippen molar-refractivity contribution in [3.05, 3.63) is 242 Å². The summed E-state index contributed by atoms with van der Waals surface area (Å²) < 4.78 is 166. The SMILES string of the molecule is CC1CCC(C2CC[C@@H](C)C(F)C2Cl)CC1.Cc1ccc(C2CCC(C)CC2)c(Cl)c1F.Cc1ccc(C2CCC(C)CC2)c(F)c1Cl.Cc1ccc(C2CCC(C)CC2)c(F)c1Cl.Cc1ccc(C2CCC(C)CC2)c(F)c1F.Cc1ccc(C2CCC(C)CC2)c(F)c1F.Cc1ccc(C2CCC(C3CCC(C)CC3)CC2)c(F)c1F.Cc1ccc(C2CCC(C3CCC(C)CC3)CC2)c(F)c1F.[HH].[HH].[HH].[HH].[HH].[HH].[HH].[HH].[HH].[HH].[HH]. The van der Waals surface area contributed by atoms with Gasteiger partial charge in [0.15, 0.2) is 46.5 Å². The van der Waals surface area contributed by atoms with Crippen molar-refractivity contribution in [1.82, 2.24) is 0 Å². The van der Waals surface area contributed by atoms with Crippen LogP contribution in [0.2, 0.25) is 15.1 Å². The van der Waals surface area contributed by atoms with Gasteiger partial charge in [0.1, 0.15) is 23.6 Å². The highest BCUT2D eigenvalue weighted by atomic mass is 35.5. The first-order chi connectivity index (χ1) is 66.7. The van der Waals surface area contributed by atoms with Crippen molar-refractivity contribution >= 4 is 46.4 Å². The van der Waals surface area contributed by atoms with Gasteiger partial charge in [-0.15, -0.1) is 11.6 Å². The molecule has 0 N–H and O–H groups in total. The Morgan fingerprint density at radius 1 is 0.193 bits per heavy atom. The van der Waals surface area contributed by atoms with E-state index in [1.54, 1.807) is 83.1 Å². The van der Waals surface area contributed by atoms with Gasteiger partial charge in [0.2, 0.25) is 0 Å². The van der Waals surface area contributed by atoms with Gasteiger partial charge in [-0.05, 0) is 423 Å². The van der Waals surface area contributed by atoms with E-state index in [1.165, 1.54) is 141 Å². The lowest BCUT2D eigenvalue weighted by molar-refractivity contribution is 0.0906. The molecule has 0 spiro atoms. The first-order valence-electron chi connectivity index (χ1n) is 55.1. The molecule has 7 aromatic rings. The van der Waals surface area contributed by atoms with Crippen molar-refractivity contribution in [3.8, 4) is 0 Å².